The lowest BCUT2D eigenvalue weighted by molar-refractivity contribution is -0.117. The average Bonchev–Trinajstić information content (AvgIpc) is 3.37. The van der Waals surface area contributed by atoms with Crippen LogP contribution in [-0.4, -0.2) is 28.1 Å². The fourth-order valence-corrected chi connectivity index (χ4v) is 3.94. The lowest BCUT2D eigenvalue weighted by Gasteiger charge is -2.16. The summed E-state index contributed by atoms with van der Waals surface area (Å²) in [6, 6.07) is 9.96. The van der Waals surface area contributed by atoms with E-state index in [0.29, 0.717) is 18.9 Å². The summed E-state index contributed by atoms with van der Waals surface area (Å²) in [5.74, 6) is 0.909. The van der Waals surface area contributed by atoms with Crippen molar-refractivity contribution >= 4 is 23.3 Å². The number of nitrogens with one attached hydrogen (secondary N) is 1. The quantitative estimate of drug-likeness (QED) is 0.898. The smallest absolute Gasteiger partial charge is 0.229 e. The molecule has 1 N–H and O–H groups in total. The maximum Gasteiger partial charge on any atom is 0.229 e. The van der Waals surface area contributed by atoms with Gasteiger partial charge in [-0.1, -0.05) is 25.0 Å². The van der Waals surface area contributed by atoms with Crippen molar-refractivity contribution in [2.45, 2.75) is 51.0 Å². The molecule has 2 aliphatic rings. The number of amides is 2. The number of benzene rings is 1. The second-order valence-corrected chi connectivity index (χ2v) is 7.14. The summed E-state index contributed by atoms with van der Waals surface area (Å²) in [6.45, 7) is 0.782. The van der Waals surface area contributed by atoms with Crippen molar-refractivity contribution in [3.63, 3.8) is 0 Å². The Morgan fingerprint density at radius 2 is 1.88 bits per heavy atom. The lowest BCUT2D eigenvalue weighted by Crippen LogP contribution is -2.23. The van der Waals surface area contributed by atoms with Crippen LogP contribution in [0.3, 0.4) is 0 Å². The molecule has 2 heterocycles. The predicted molar refractivity (Wildman–Crippen MR) is 100 cm³/mol. The predicted octanol–water partition coefficient (Wildman–Crippen LogP) is 3.31. The zero-order valence-corrected chi connectivity index (χ0v) is 14.9. The molecule has 2 aromatic rings. The number of hydrogen-bond donors (Lipinski definition) is 1. The number of carbonyl (C=O) groups excluding carboxylic acids is 2. The minimum atomic E-state index is -0.0465. The Kier molecular flexibility index (Phi) is 4.73. The Balaban J connectivity index is 1.38. The Morgan fingerprint density at radius 1 is 1.12 bits per heavy atom. The highest BCUT2D eigenvalue weighted by Crippen LogP contribution is 2.31. The van der Waals surface area contributed by atoms with Crippen LogP contribution in [0, 0.1) is 0 Å². The molecule has 136 valence electrons. The Morgan fingerprint density at radius 3 is 2.58 bits per heavy atom. The molecule has 6 heteroatoms. The third-order valence-electron chi connectivity index (χ3n) is 5.29. The number of hydrogen-bond acceptors (Lipinski definition) is 3. The summed E-state index contributed by atoms with van der Waals surface area (Å²) in [5, 5.41) is 7.38. The first-order valence-corrected chi connectivity index (χ1v) is 9.43. The number of carbonyl (C=O) groups is 2. The Hall–Kier alpha value is -2.63. The zero-order valence-electron chi connectivity index (χ0n) is 14.9. The van der Waals surface area contributed by atoms with Gasteiger partial charge in [-0.25, -0.2) is 4.68 Å². The van der Waals surface area contributed by atoms with Crippen molar-refractivity contribution in [1.82, 2.24) is 9.78 Å². The van der Waals surface area contributed by atoms with E-state index in [-0.39, 0.29) is 11.8 Å². The molecular weight excluding hydrogens is 328 g/mol. The van der Waals surface area contributed by atoms with Crippen molar-refractivity contribution < 1.29 is 9.59 Å². The van der Waals surface area contributed by atoms with E-state index >= 15 is 0 Å². The van der Waals surface area contributed by atoms with Crippen molar-refractivity contribution in [3.8, 4) is 0 Å². The first-order valence-electron chi connectivity index (χ1n) is 9.43. The fraction of sp³-hybridized carbons (Fsp3) is 0.450. The van der Waals surface area contributed by atoms with E-state index < -0.39 is 0 Å². The van der Waals surface area contributed by atoms with Gasteiger partial charge in [0.2, 0.25) is 11.8 Å². The summed E-state index contributed by atoms with van der Waals surface area (Å²) < 4.78 is 1.95. The third-order valence-corrected chi connectivity index (χ3v) is 5.29. The van der Waals surface area contributed by atoms with Gasteiger partial charge in [0.25, 0.3) is 0 Å². The van der Waals surface area contributed by atoms with E-state index in [0.717, 1.165) is 42.9 Å². The highest BCUT2D eigenvalue weighted by molar-refractivity contribution is 5.95. The molecule has 1 aromatic carbocycles. The highest BCUT2D eigenvalue weighted by Gasteiger charge is 2.22. The summed E-state index contributed by atoms with van der Waals surface area (Å²) in [7, 11) is 0. The molecule has 0 atom stereocenters. The SMILES string of the molecule is O=C(Cc1ccc(N2CCCC2=O)cc1)Nc1ccnn1C1CCCC1. The normalized spacial score (nSPS) is 17.8. The van der Waals surface area contributed by atoms with Gasteiger partial charge in [-0.2, -0.15) is 5.10 Å². The minimum absolute atomic E-state index is 0.0465. The Bertz CT molecular complexity index is 790. The molecule has 1 aliphatic heterocycles. The van der Waals surface area contributed by atoms with Crippen LogP contribution >= 0.6 is 0 Å². The van der Waals surface area contributed by atoms with Crippen LogP contribution in [0.5, 0.6) is 0 Å². The van der Waals surface area contributed by atoms with Gasteiger partial charge < -0.3 is 10.2 Å². The van der Waals surface area contributed by atoms with Gasteiger partial charge in [0, 0.05) is 24.7 Å². The van der Waals surface area contributed by atoms with Gasteiger partial charge in [0.05, 0.1) is 18.7 Å². The van der Waals surface area contributed by atoms with E-state index in [2.05, 4.69) is 10.4 Å². The second-order valence-electron chi connectivity index (χ2n) is 7.14. The molecule has 26 heavy (non-hydrogen) atoms. The number of nitrogens with zero attached hydrogens (tertiary/aromatic N) is 3. The van der Waals surface area contributed by atoms with Crippen LogP contribution in [0.1, 0.15) is 50.1 Å². The van der Waals surface area contributed by atoms with Crippen molar-refractivity contribution in [3.05, 3.63) is 42.1 Å². The van der Waals surface area contributed by atoms with Gasteiger partial charge in [-0.05, 0) is 37.0 Å². The molecule has 4 rings (SSSR count). The first-order chi connectivity index (χ1) is 12.7. The van der Waals surface area contributed by atoms with Crippen LogP contribution < -0.4 is 10.2 Å². The maximum atomic E-state index is 12.4. The molecule has 1 saturated heterocycles. The zero-order chi connectivity index (χ0) is 17.9. The van der Waals surface area contributed by atoms with E-state index in [1.165, 1.54) is 12.8 Å². The highest BCUT2D eigenvalue weighted by atomic mass is 16.2. The van der Waals surface area contributed by atoms with Gasteiger partial charge in [0.1, 0.15) is 5.82 Å². The molecule has 2 amide bonds. The summed E-state index contributed by atoms with van der Waals surface area (Å²) in [6.07, 6.45) is 8.30. The second kappa shape index (κ2) is 7.32. The molecule has 0 bridgehead atoms. The topological polar surface area (TPSA) is 67.2 Å². The van der Waals surface area contributed by atoms with E-state index in [1.807, 2.05) is 39.9 Å². The van der Waals surface area contributed by atoms with Gasteiger partial charge in [-0.3, -0.25) is 9.59 Å². The standard InChI is InChI=1S/C20H24N4O2/c25-19(22-18-11-12-21-24(18)17-4-1-2-5-17)14-15-7-9-16(10-8-15)23-13-3-6-20(23)26/h7-12,17H,1-6,13-14H2,(H,22,25). The van der Waals surface area contributed by atoms with Crippen LogP contribution in [-0.2, 0) is 16.0 Å². The number of anilines is 2. The Labute approximate surface area is 153 Å². The largest absolute Gasteiger partial charge is 0.312 e. The molecule has 1 saturated carbocycles. The fourth-order valence-electron chi connectivity index (χ4n) is 3.94. The molecule has 1 aromatic heterocycles. The maximum absolute atomic E-state index is 12.4. The summed E-state index contributed by atoms with van der Waals surface area (Å²) >= 11 is 0. The van der Waals surface area contributed by atoms with Gasteiger partial charge >= 0.3 is 0 Å². The molecule has 1 aliphatic carbocycles. The van der Waals surface area contributed by atoms with Crippen molar-refractivity contribution in [2.24, 2.45) is 0 Å². The molecule has 2 fully saturated rings. The van der Waals surface area contributed by atoms with E-state index in [4.69, 9.17) is 0 Å². The molecule has 0 spiro atoms. The molecule has 0 unspecified atom stereocenters. The van der Waals surface area contributed by atoms with E-state index in [1.54, 1.807) is 6.20 Å². The monoisotopic (exact) mass is 352 g/mol. The molecular formula is C20H24N4O2. The van der Waals surface area contributed by atoms with E-state index in [9.17, 15) is 9.59 Å². The van der Waals surface area contributed by atoms with Crippen molar-refractivity contribution in [2.75, 3.05) is 16.8 Å². The molecule has 6 nitrogen and oxygen atoms in total. The minimum Gasteiger partial charge on any atom is -0.312 e. The summed E-state index contributed by atoms with van der Waals surface area (Å²) in [5.41, 5.74) is 1.85. The average molecular weight is 352 g/mol. The summed E-state index contributed by atoms with van der Waals surface area (Å²) in [4.78, 5) is 26.0. The van der Waals surface area contributed by atoms with Gasteiger partial charge in [0.15, 0.2) is 0 Å². The third kappa shape index (κ3) is 3.49. The lowest BCUT2D eigenvalue weighted by atomic mass is 10.1. The van der Waals surface area contributed by atoms with Gasteiger partial charge in [-0.15, -0.1) is 0 Å². The van der Waals surface area contributed by atoms with Crippen LogP contribution in [0.15, 0.2) is 36.5 Å². The number of rotatable bonds is 5. The van der Waals surface area contributed by atoms with Crippen LogP contribution in [0.25, 0.3) is 0 Å². The van der Waals surface area contributed by atoms with Crippen LogP contribution in [0.2, 0.25) is 0 Å². The first kappa shape index (κ1) is 16.8. The van der Waals surface area contributed by atoms with Crippen LogP contribution in [0.4, 0.5) is 11.5 Å². The van der Waals surface area contributed by atoms with Crippen molar-refractivity contribution in [1.29, 1.82) is 0 Å². The molecule has 0 radical (unpaired) electrons. The number of aromatic nitrogens is 2.